The summed E-state index contributed by atoms with van der Waals surface area (Å²) in [6, 6.07) is 5.26. The molecule has 4 rings (SSSR count). The Morgan fingerprint density at radius 3 is 2.81 bits per heavy atom. The van der Waals surface area contributed by atoms with Crippen molar-refractivity contribution in [3.8, 4) is 0 Å². The number of nitrogens with zero attached hydrogens (tertiary/aromatic N) is 4. The molecule has 27 heavy (non-hydrogen) atoms. The topological polar surface area (TPSA) is 81.3 Å². The van der Waals surface area contributed by atoms with E-state index in [0.29, 0.717) is 10.8 Å². The third kappa shape index (κ3) is 3.02. The highest BCUT2D eigenvalue weighted by molar-refractivity contribution is 7.15. The average molecular weight is 383 g/mol. The van der Waals surface area contributed by atoms with Gasteiger partial charge in [0.1, 0.15) is 23.2 Å². The molecule has 0 radical (unpaired) electrons. The molecule has 0 aliphatic carbocycles. The lowest BCUT2D eigenvalue weighted by atomic mass is 10.0. The lowest BCUT2D eigenvalue weighted by Crippen LogP contribution is -2.35. The van der Waals surface area contributed by atoms with E-state index in [-0.39, 0.29) is 11.1 Å². The fourth-order valence-electron chi connectivity index (χ4n) is 2.84. The molecular weight excluding hydrogens is 369 g/mol. The van der Waals surface area contributed by atoms with Crippen LogP contribution in [0.25, 0.3) is 4.96 Å². The van der Waals surface area contributed by atoms with Crippen LogP contribution in [-0.4, -0.2) is 24.8 Å². The zero-order chi connectivity index (χ0) is 19.0. The molecule has 0 fully saturated rings. The van der Waals surface area contributed by atoms with Crippen molar-refractivity contribution in [3.05, 3.63) is 87.6 Å². The number of hydrogen-bond acceptors (Lipinski definition) is 5. The zero-order valence-corrected chi connectivity index (χ0v) is 15.0. The van der Waals surface area contributed by atoms with Gasteiger partial charge in [-0.25, -0.2) is 14.4 Å². The largest absolute Gasteiger partial charge is 0.338 e. The molecule has 1 N–H and O–H groups in total. The van der Waals surface area contributed by atoms with E-state index in [0.717, 1.165) is 0 Å². The lowest BCUT2D eigenvalue weighted by Gasteiger charge is -2.19. The first-order valence-electron chi connectivity index (χ1n) is 8.03. The number of hydrogen-bond donors (Lipinski definition) is 1. The lowest BCUT2D eigenvalue weighted by molar-refractivity contribution is 0.0938. The summed E-state index contributed by atoms with van der Waals surface area (Å²) in [4.78, 5) is 34.2. The van der Waals surface area contributed by atoms with E-state index >= 15 is 0 Å². The van der Waals surface area contributed by atoms with E-state index in [1.807, 2.05) is 0 Å². The summed E-state index contributed by atoms with van der Waals surface area (Å²) in [6.07, 6.45) is 6.05. The van der Waals surface area contributed by atoms with Crippen LogP contribution in [0, 0.1) is 5.82 Å². The summed E-state index contributed by atoms with van der Waals surface area (Å²) in [5.74, 6) is -0.684. The standard InChI is InChI=1S/C18H14FN5O2S/c1-23-7-6-20-15(23)14(11-4-2-3-5-13(11)19)22-16(25)12-10-21-18-24(17(12)26)8-9-27-18/h2-10,14H,1H3,(H,22,25). The molecule has 1 amide bonds. The Labute approximate surface area is 156 Å². The molecule has 1 atom stereocenters. The number of imidazole rings is 1. The van der Waals surface area contributed by atoms with Gasteiger partial charge in [0.2, 0.25) is 0 Å². The minimum Gasteiger partial charge on any atom is -0.338 e. The second kappa shape index (κ2) is 6.76. The van der Waals surface area contributed by atoms with Crippen LogP contribution in [0.3, 0.4) is 0 Å². The second-order valence-electron chi connectivity index (χ2n) is 5.86. The van der Waals surface area contributed by atoms with E-state index in [9.17, 15) is 14.0 Å². The molecule has 0 saturated heterocycles. The Morgan fingerprint density at radius 1 is 1.26 bits per heavy atom. The van der Waals surface area contributed by atoms with Gasteiger partial charge in [-0.15, -0.1) is 11.3 Å². The number of nitrogens with one attached hydrogen (secondary N) is 1. The minimum atomic E-state index is -0.860. The Kier molecular flexibility index (Phi) is 4.28. The van der Waals surface area contributed by atoms with Crippen LogP contribution in [0.2, 0.25) is 0 Å². The molecule has 3 heterocycles. The van der Waals surface area contributed by atoms with Gasteiger partial charge in [-0.05, 0) is 6.07 Å². The molecule has 0 spiro atoms. The summed E-state index contributed by atoms with van der Waals surface area (Å²) in [7, 11) is 1.75. The first-order valence-corrected chi connectivity index (χ1v) is 8.91. The molecular formula is C18H14FN5O2S. The van der Waals surface area contributed by atoms with Crippen LogP contribution < -0.4 is 10.9 Å². The van der Waals surface area contributed by atoms with Crippen LogP contribution in [0.15, 0.2) is 59.2 Å². The molecule has 136 valence electrons. The molecule has 1 aromatic carbocycles. The molecule has 1 unspecified atom stereocenters. The van der Waals surface area contributed by atoms with Gasteiger partial charge in [0, 0.05) is 42.8 Å². The van der Waals surface area contributed by atoms with Gasteiger partial charge in [0.25, 0.3) is 11.5 Å². The molecule has 7 nitrogen and oxygen atoms in total. The smallest absolute Gasteiger partial charge is 0.271 e. The minimum absolute atomic E-state index is 0.124. The fourth-order valence-corrected chi connectivity index (χ4v) is 3.51. The number of benzene rings is 1. The number of rotatable bonds is 4. The molecule has 0 aliphatic heterocycles. The van der Waals surface area contributed by atoms with E-state index < -0.39 is 23.3 Å². The Hall–Kier alpha value is -3.33. The highest BCUT2D eigenvalue weighted by Gasteiger charge is 2.25. The monoisotopic (exact) mass is 383 g/mol. The molecule has 0 saturated carbocycles. The van der Waals surface area contributed by atoms with Gasteiger partial charge >= 0.3 is 0 Å². The van der Waals surface area contributed by atoms with Crippen molar-refractivity contribution in [1.29, 1.82) is 0 Å². The number of fused-ring (bicyclic) bond motifs is 1. The van der Waals surface area contributed by atoms with Crippen LogP contribution in [-0.2, 0) is 7.05 Å². The van der Waals surface area contributed by atoms with Crippen LogP contribution in [0.1, 0.15) is 27.8 Å². The highest BCUT2D eigenvalue weighted by Crippen LogP contribution is 2.23. The van der Waals surface area contributed by atoms with Gasteiger partial charge < -0.3 is 9.88 Å². The summed E-state index contributed by atoms with van der Waals surface area (Å²) in [5, 5.41) is 4.43. The van der Waals surface area contributed by atoms with Crippen LogP contribution in [0.4, 0.5) is 4.39 Å². The summed E-state index contributed by atoms with van der Waals surface area (Å²) < 4.78 is 17.4. The highest BCUT2D eigenvalue weighted by atomic mass is 32.1. The maximum atomic E-state index is 14.4. The van der Waals surface area contributed by atoms with Gasteiger partial charge in [-0.1, -0.05) is 18.2 Å². The van der Waals surface area contributed by atoms with Crippen molar-refractivity contribution in [2.75, 3.05) is 0 Å². The SMILES string of the molecule is Cn1ccnc1C(NC(=O)c1cnc2sccn2c1=O)c1ccccc1F. The summed E-state index contributed by atoms with van der Waals surface area (Å²) >= 11 is 1.29. The molecule has 9 heteroatoms. The van der Waals surface area contributed by atoms with Gasteiger partial charge in [0.05, 0.1) is 0 Å². The van der Waals surface area contributed by atoms with Gasteiger partial charge in [-0.3, -0.25) is 14.0 Å². The number of thiazole rings is 1. The normalized spacial score (nSPS) is 12.2. The van der Waals surface area contributed by atoms with Crippen molar-refractivity contribution < 1.29 is 9.18 Å². The van der Waals surface area contributed by atoms with Gasteiger partial charge in [-0.2, -0.15) is 0 Å². The van der Waals surface area contributed by atoms with Crippen LogP contribution in [0.5, 0.6) is 0 Å². The van der Waals surface area contributed by atoms with Crippen molar-refractivity contribution in [1.82, 2.24) is 24.3 Å². The number of halogens is 1. The van der Waals surface area contributed by atoms with Crippen LogP contribution >= 0.6 is 11.3 Å². The number of amides is 1. The van der Waals surface area contributed by atoms with Crippen molar-refractivity contribution in [2.45, 2.75) is 6.04 Å². The van der Waals surface area contributed by atoms with Crippen molar-refractivity contribution >= 4 is 22.2 Å². The predicted octanol–water partition coefficient (Wildman–Crippen LogP) is 2.15. The summed E-state index contributed by atoms with van der Waals surface area (Å²) in [5.41, 5.74) is -0.350. The van der Waals surface area contributed by atoms with E-state index in [1.54, 1.807) is 53.8 Å². The second-order valence-corrected chi connectivity index (χ2v) is 6.73. The first kappa shape index (κ1) is 17.1. The third-order valence-corrected chi connectivity index (χ3v) is 4.97. The first-order chi connectivity index (χ1) is 13.1. The van der Waals surface area contributed by atoms with Crippen molar-refractivity contribution in [3.63, 3.8) is 0 Å². The maximum Gasteiger partial charge on any atom is 0.271 e. The Bertz CT molecular complexity index is 1200. The zero-order valence-electron chi connectivity index (χ0n) is 14.2. The Morgan fingerprint density at radius 2 is 2.07 bits per heavy atom. The number of carbonyl (C=O) groups excluding carboxylic acids is 1. The summed E-state index contributed by atoms with van der Waals surface area (Å²) in [6.45, 7) is 0. The molecule has 0 bridgehead atoms. The molecule has 4 aromatic rings. The van der Waals surface area contributed by atoms with E-state index in [2.05, 4.69) is 15.3 Å². The fraction of sp³-hybridized carbons (Fsp3) is 0.111. The predicted molar refractivity (Wildman–Crippen MR) is 98.3 cm³/mol. The molecule has 3 aromatic heterocycles. The van der Waals surface area contributed by atoms with E-state index in [1.165, 1.54) is 28.0 Å². The number of aryl methyl sites for hydroxylation is 1. The average Bonchev–Trinajstić information content (AvgIpc) is 3.30. The molecule has 0 aliphatic rings. The Balaban J connectivity index is 1.76. The maximum absolute atomic E-state index is 14.4. The van der Waals surface area contributed by atoms with E-state index in [4.69, 9.17) is 0 Å². The third-order valence-electron chi connectivity index (χ3n) is 4.20. The number of carbonyl (C=O) groups is 1. The quantitative estimate of drug-likeness (QED) is 0.586. The number of aromatic nitrogens is 4. The van der Waals surface area contributed by atoms with Gasteiger partial charge in [0.15, 0.2) is 4.96 Å². The van der Waals surface area contributed by atoms with Crippen molar-refractivity contribution in [2.24, 2.45) is 7.05 Å².